The summed E-state index contributed by atoms with van der Waals surface area (Å²) in [5.74, 6) is -1.46. The molecular formula is C15H20N2O5S2. The molecule has 1 amide bonds. The molecule has 0 aliphatic heterocycles. The van der Waals surface area contributed by atoms with Crippen LogP contribution < -0.4 is 5.73 Å². The Hall–Kier alpha value is -1.87. The molecule has 2 heterocycles. The molecule has 24 heavy (non-hydrogen) atoms. The maximum absolute atomic E-state index is 12.7. The van der Waals surface area contributed by atoms with Crippen molar-refractivity contribution in [2.45, 2.75) is 36.5 Å². The summed E-state index contributed by atoms with van der Waals surface area (Å²) < 4.78 is 52.1. The number of hydrogen-bond donors (Lipinski definition) is 1. The Bertz CT molecular complexity index is 988. The molecule has 0 radical (unpaired) electrons. The molecule has 0 spiro atoms. The highest BCUT2D eigenvalue weighted by molar-refractivity contribution is 7.94. The van der Waals surface area contributed by atoms with Crippen molar-refractivity contribution >= 4 is 31.1 Å². The number of aromatic nitrogens is 1. The number of hydrogen-bond acceptors (Lipinski definition) is 5. The quantitative estimate of drug-likeness (QED) is 0.789. The standard InChI is InChI=1S/C15H20N2O5S2/c1-3-9-23(19,20)13-11-7-5-6-8-17(11)12(15(16)18)14(13)24(21,22)10-4-2/h5-8H,3-4,9-10H2,1-2H3,(H2,16,18). The molecule has 132 valence electrons. The minimum absolute atomic E-state index is 0.148. The largest absolute Gasteiger partial charge is 0.364 e. The van der Waals surface area contributed by atoms with E-state index in [1.54, 1.807) is 26.0 Å². The number of fused-ring (bicyclic) bond motifs is 1. The first-order valence-corrected chi connectivity index (χ1v) is 10.9. The summed E-state index contributed by atoms with van der Waals surface area (Å²) in [6, 6.07) is 4.63. The van der Waals surface area contributed by atoms with Crippen molar-refractivity contribution in [3.8, 4) is 0 Å². The minimum atomic E-state index is -3.98. The number of nitrogens with two attached hydrogens (primary N) is 1. The van der Waals surface area contributed by atoms with E-state index >= 15 is 0 Å². The first-order chi connectivity index (χ1) is 11.2. The molecule has 0 saturated carbocycles. The second-order valence-corrected chi connectivity index (χ2v) is 9.56. The third-order valence-electron chi connectivity index (χ3n) is 3.56. The van der Waals surface area contributed by atoms with Crippen LogP contribution in [-0.2, 0) is 19.7 Å². The number of amides is 1. The van der Waals surface area contributed by atoms with Crippen LogP contribution in [0.5, 0.6) is 0 Å². The molecule has 0 atom stereocenters. The molecule has 2 rings (SSSR count). The van der Waals surface area contributed by atoms with Gasteiger partial charge in [0.1, 0.15) is 15.5 Å². The second-order valence-electron chi connectivity index (χ2n) is 5.46. The third kappa shape index (κ3) is 3.05. The van der Waals surface area contributed by atoms with E-state index in [4.69, 9.17) is 5.73 Å². The Kier molecular flexibility index (Phi) is 5.05. The number of carbonyl (C=O) groups is 1. The van der Waals surface area contributed by atoms with E-state index in [9.17, 15) is 21.6 Å². The number of nitrogens with zero attached hydrogens (tertiary/aromatic N) is 1. The molecule has 2 aromatic rings. The molecule has 0 aliphatic carbocycles. The van der Waals surface area contributed by atoms with Gasteiger partial charge in [-0.05, 0) is 25.0 Å². The van der Waals surface area contributed by atoms with Gasteiger partial charge in [0.2, 0.25) is 0 Å². The van der Waals surface area contributed by atoms with Crippen LogP contribution in [0.4, 0.5) is 0 Å². The van der Waals surface area contributed by atoms with Gasteiger partial charge in [-0.25, -0.2) is 16.8 Å². The molecule has 0 saturated heterocycles. The Balaban J connectivity index is 3.08. The lowest BCUT2D eigenvalue weighted by molar-refractivity contribution is 0.0991. The normalized spacial score (nSPS) is 12.6. The van der Waals surface area contributed by atoms with Gasteiger partial charge in [0.15, 0.2) is 19.7 Å². The molecule has 7 nitrogen and oxygen atoms in total. The molecule has 0 aromatic carbocycles. The molecule has 0 aliphatic rings. The van der Waals surface area contributed by atoms with Crippen molar-refractivity contribution in [3.63, 3.8) is 0 Å². The average molecular weight is 372 g/mol. The van der Waals surface area contributed by atoms with Crippen LogP contribution >= 0.6 is 0 Å². The zero-order valence-electron chi connectivity index (χ0n) is 13.5. The Morgan fingerprint density at radius 2 is 1.54 bits per heavy atom. The molecule has 0 unspecified atom stereocenters. The van der Waals surface area contributed by atoms with Gasteiger partial charge in [0.25, 0.3) is 5.91 Å². The van der Waals surface area contributed by atoms with Crippen LogP contribution in [-0.4, -0.2) is 38.6 Å². The lowest BCUT2D eigenvalue weighted by Crippen LogP contribution is -2.20. The van der Waals surface area contributed by atoms with E-state index in [-0.39, 0.29) is 27.6 Å². The van der Waals surface area contributed by atoms with Crippen LogP contribution in [0, 0.1) is 0 Å². The van der Waals surface area contributed by atoms with Gasteiger partial charge in [-0.2, -0.15) is 0 Å². The summed E-state index contributed by atoms with van der Waals surface area (Å²) in [6.45, 7) is 3.35. The number of carbonyl (C=O) groups excluding carboxylic acids is 1. The van der Waals surface area contributed by atoms with Gasteiger partial charge in [0, 0.05) is 6.20 Å². The zero-order chi connectivity index (χ0) is 18.1. The highest BCUT2D eigenvalue weighted by Crippen LogP contribution is 2.34. The Morgan fingerprint density at radius 3 is 2.04 bits per heavy atom. The van der Waals surface area contributed by atoms with Gasteiger partial charge >= 0.3 is 0 Å². The van der Waals surface area contributed by atoms with E-state index in [2.05, 4.69) is 0 Å². The highest BCUT2D eigenvalue weighted by atomic mass is 32.2. The van der Waals surface area contributed by atoms with Crippen molar-refractivity contribution in [3.05, 3.63) is 30.1 Å². The summed E-state index contributed by atoms with van der Waals surface area (Å²) in [7, 11) is -7.87. The number of rotatable bonds is 7. The lowest BCUT2D eigenvalue weighted by Gasteiger charge is -2.07. The summed E-state index contributed by atoms with van der Waals surface area (Å²) in [5.41, 5.74) is 5.22. The predicted octanol–water partition coefficient (Wildman–Crippen LogP) is 1.41. The number of sulfone groups is 2. The molecule has 2 N–H and O–H groups in total. The first kappa shape index (κ1) is 18.5. The minimum Gasteiger partial charge on any atom is -0.364 e. The van der Waals surface area contributed by atoms with Crippen LogP contribution in [0.15, 0.2) is 34.2 Å². The van der Waals surface area contributed by atoms with E-state index in [1.807, 2.05) is 0 Å². The van der Waals surface area contributed by atoms with Gasteiger partial charge in [-0.3, -0.25) is 4.79 Å². The Morgan fingerprint density at radius 1 is 1.00 bits per heavy atom. The fraction of sp³-hybridized carbons (Fsp3) is 0.400. The maximum Gasteiger partial charge on any atom is 0.267 e. The molecule has 9 heteroatoms. The number of primary amides is 1. The van der Waals surface area contributed by atoms with Gasteiger partial charge < -0.3 is 10.1 Å². The van der Waals surface area contributed by atoms with E-state index in [1.165, 1.54) is 16.7 Å². The topological polar surface area (TPSA) is 116 Å². The van der Waals surface area contributed by atoms with Crippen molar-refractivity contribution < 1.29 is 21.6 Å². The highest BCUT2D eigenvalue weighted by Gasteiger charge is 2.36. The van der Waals surface area contributed by atoms with E-state index in [0.29, 0.717) is 12.8 Å². The number of pyridine rings is 1. The van der Waals surface area contributed by atoms with E-state index in [0.717, 1.165) is 0 Å². The average Bonchev–Trinajstić information content (AvgIpc) is 2.84. The van der Waals surface area contributed by atoms with Gasteiger partial charge in [-0.1, -0.05) is 19.9 Å². The maximum atomic E-state index is 12.7. The molecular weight excluding hydrogens is 352 g/mol. The summed E-state index contributed by atoms with van der Waals surface area (Å²) >= 11 is 0. The van der Waals surface area contributed by atoms with Crippen molar-refractivity contribution in [2.75, 3.05) is 11.5 Å². The SMILES string of the molecule is CCCS(=O)(=O)c1c(S(=O)(=O)CCC)c2ccccn2c1C(N)=O. The van der Waals surface area contributed by atoms with Crippen molar-refractivity contribution in [1.29, 1.82) is 0 Å². The fourth-order valence-electron chi connectivity index (χ4n) is 2.72. The lowest BCUT2D eigenvalue weighted by atomic mass is 10.4. The second kappa shape index (κ2) is 6.56. The van der Waals surface area contributed by atoms with Crippen LogP contribution in [0.25, 0.3) is 5.52 Å². The smallest absolute Gasteiger partial charge is 0.267 e. The first-order valence-electron chi connectivity index (χ1n) is 7.55. The van der Waals surface area contributed by atoms with Gasteiger partial charge in [-0.15, -0.1) is 0 Å². The fourth-order valence-corrected chi connectivity index (χ4v) is 6.71. The summed E-state index contributed by atoms with van der Waals surface area (Å²) in [5, 5.41) is 0. The van der Waals surface area contributed by atoms with Crippen molar-refractivity contribution in [2.24, 2.45) is 5.73 Å². The van der Waals surface area contributed by atoms with Crippen LogP contribution in [0.3, 0.4) is 0 Å². The monoisotopic (exact) mass is 372 g/mol. The zero-order valence-corrected chi connectivity index (χ0v) is 15.2. The van der Waals surface area contributed by atoms with Crippen LogP contribution in [0.1, 0.15) is 37.2 Å². The summed E-state index contributed by atoms with van der Waals surface area (Å²) in [6.07, 6.45) is 2.05. The molecule has 0 bridgehead atoms. The van der Waals surface area contributed by atoms with E-state index < -0.39 is 30.5 Å². The van der Waals surface area contributed by atoms with Crippen LogP contribution in [0.2, 0.25) is 0 Å². The van der Waals surface area contributed by atoms with Crippen molar-refractivity contribution in [1.82, 2.24) is 4.40 Å². The van der Waals surface area contributed by atoms with Gasteiger partial charge in [0.05, 0.1) is 17.0 Å². The Labute approximate surface area is 141 Å². The predicted molar refractivity (Wildman–Crippen MR) is 90.6 cm³/mol. The molecule has 2 aromatic heterocycles. The molecule has 0 fully saturated rings. The third-order valence-corrected chi connectivity index (χ3v) is 7.63. The summed E-state index contributed by atoms with van der Waals surface area (Å²) in [4.78, 5) is 11.1.